The van der Waals surface area contributed by atoms with E-state index in [4.69, 9.17) is 4.74 Å². The fourth-order valence-electron chi connectivity index (χ4n) is 3.54. The summed E-state index contributed by atoms with van der Waals surface area (Å²) in [5, 5.41) is 22.4. The van der Waals surface area contributed by atoms with Gasteiger partial charge in [-0.25, -0.2) is 9.37 Å². The molecule has 146 valence electrons. The molecule has 1 aromatic heterocycles. The van der Waals surface area contributed by atoms with E-state index >= 15 is 0 Å². The molecular formula is C20H20FN3O4. The van der Waals surface area contributed by atoms with E-state index in [-0.39, 0.29) is 11.5 Å². The van der Waals surface area contributed by atoms with Crippen molar-refractivity contribution >= 4 is 16.9 Å². The standard InChI is InChI=1S/C20H20FN3O4/c1-10-6-12(15(21)17(26)16(10)25)18-23-13-5-4-11(19(27)22-3)7-14(13)24(18)20(2)8-28-9-20/h4-7,25-26H,8-9H2,1-3H3,(H,22,27). The third-order valence-electron chi connectivity index (χ3n) is 5.15. The molecule has 0 spiro atoms. The highest BCUT2D eigenvalue weighted by Crippen LogP contribution is 2.41. The van der Waals surface area contributed by atoms with Gasteiger partial charge in [-0.05, 0) is 43.7 Å². The van der Waals surface area contributed by atoms with Crippen molar-refractivity contribution in [3.8, 4) is 22.9 Å². The van der Waals surface area contributed by atoms with E-state index in [1.807, 2.05) is 11.5 Å². The number of rotatable bonds is 3. The van der Waals surface area contributed by atoms with Gasteiger partial charge < -0.3 is 24.8 Å². The number of ether oxygens (including phenoxy) is 1. The number of nitrogens with zero attached hydrogens (tertiary/aromatic N) is 2. The summed E-state index contributed by atoms with van der Waals surface area (Å²) in [6, 6.07) is 6.51. The molecule has 3 N–H and O–H groups in total. The predicted molar refractivity (Wildman–Crippen MR) is 101 cm³/mol. The van der Waals surface area contributed by atoms with Crippen LogP contribution in [0.3, 0.4) is 0 Å². The number of amides is 1. The Hall–Kier alpha value is -3.13. The fourth-order valence-corrected chi connectivity index (χ4v) is 3.54. The molecule has 3 aromatic rings. The molecule has 7 nitrogen and oxygen atoms in total. The van der Waals surface area contributed by atoms with Gasteiger partial charge in [-0.15, -0.1) is 0 Å². The van der Waals surface area contributed by atoms with Crippen molar-refractivity contribution in [2.45, 2.75) is 19.4 Å². The molecule has 1 amide bonds. The zero-order chi connectivity index (χ0) is 20.2. The number of hydrogen-bond donors (Lipinski definition) is 3. The number of aryl methyl sites for hydroxylation is 1. The van der Waals surface area contributed by atoms with Gasteiger partial charge in [0.2, 0.25) is 0 Å². The summed E-state index contributed by atoms with van der Waals surface area (Å²) in [6.07, 6.45) is 0. The van der Waals surface area contributed by atoms with Gasteiger partial charge in [0.25, 0.3) is 5.91 Å². The van der Waals surface area contributed by atoms with Gasteiger partial charge >= 0.3 is 0 Å². The number of nitrogens with one attached hydrogen (secondary N) is 1. The Labute approximate surface area is 160 Å². The predicted octanol–water partition coefficient (Wildman–Crippen LogP) is 2.67. The van der Waals surface area contributed by atoms with Crippen molar-refractivity contribution in [1.29, 1.82) is 0 Å². The number of phenols is 2. The van der Waals surface area contributed by atoms with E-state index in [9.17, 15) is 19.4 Å². The zero-order valence-electron chi connectivity index (χ0n) is 15.7. The van der Waals surface area contributed by atoms with Crippen LogP contribution in [0.15, 0.2) is 24.3 Å². The molecule has 2 aromatic carbocycles. The second-order valence-corrected chi connectivity index (χ2v) is 7.30. The van der Waals surface area contributed by atoms with Crippen molar-refractivity contribution < 1.29 is 24.1 Å². The monoisotopic (exact) mass is 385 g/mol. The molecule has 8 heteroatoms. The molecule has 0 unspecified atom stereocenters. The smallest absolute Gasteiger partial charge is 0.251 e. The van der Waals surface area contributed by atoms with Crippen molar-refractivity contribution in [2.24, 2.45) is 0 Å². The average molecular weight is 385 g/mol. The molecule has 1 aliphatic heterocycles. The largest absolute Gasteiger partial charge is 0.504 e. The number of aromatic nitrogens is 2. The summed E-state index contributed by atoms with van der Waals surface area (Å²) in [4.78, 5) is 16.6. The number of carbonyl (C=O) groups excluding carboxylic acids is 1. The summed E-state index contributed by atoms with van der Waals surface area (Å²) < 4.78 is 22.1. The molecule has 0 saturated carbocycles. The molecule has 1 aliphatic rings. The molecule has 2 heterocycles. The molecule has 4 rings (SSSR count). The third kappa shape index (κ3) is 2.52. The third-order valence-corrected chi connectivity index (χ3v) is 5.15. The van der Waals surface area contributed by atoms with Crippen LogP contribution < -0.4 is 5.32 Å². The summed E-state index contributed by atoms with van der Waals surface area (Å²) in [5.41, 5.74) is 1.61. The topological polar surface area (TPSA) is 96.6 Å². The first kappa shape index (κ1) is 18.2. The van der Waals surface area contributed by atoms with Gasteiger partial charge in [-0.2, -0.15) is 0 Å². The summed E-state index contributed by atoms with van der Waals surface area (Å²) >= 11 is 0. The molecule has 0 radical (unpaired) electrons. The van der Waals surface area contributed by atoms with Gasteiger partial charge in [-0.3, -0.25) is 4.79 Å². The van der Waals surface area contributed by atoms with Crippen LogP contribution in [0.5, 0.6) is 11.5 Å². The maximum absolute atomic E-state index is 14.9. The highest BCUT2D eigenvalue weighted by molar-refractivity contribution is 5.97. The van der Waals surface area contributed by atoms with Crippen molar-refractivity contribution in [2.75, 3.05) is 20.3 Å². The number of carbonyl (C=O) groups is 1. The minimum atomic E-state index is -0.949. The Bertz CT molecular complexity index is 1120. The SMILES string of the molecule is CNC(=O)c1ccc2nc(-c3cc(C)c(O)c(O)c3F)n(C3(C)COC3)c2c1. The van der Waals surface area contributed by atoms with E-state index in [0.29, 0.717) is 41.2 Å². The second kappa shape index (κ2) is 6.20. The van der Waals surface area contributed by atoms with E-state index in [0.717, 1.165) is 0 Å². The summed E-state index contributed by atoms with van der Waals surface area (Å²) in [6.45, 7) is 4.34. The van der Waals surface area contributed by atoms with Crippen LogP contribution in [-0.2, 0) is 10.3 Å². The Morgan fingerprint density at radius 2 is 2.00 bits per heavy atom. The summed E-state index contributed by atoms with van der Waals surface area (Å²) in [7, 11) is 1.55. The van der Waals surface area contributed by atoms with Gasteiger partial charge in [0.1, 0.15) is 5.82 Å². The van der Waals surface area contributed by atoms with E-state index in [2.05, 4.69) is 10.3 Å². The van der Waals surface area contributed by atoms with Crippen molar-refractivity contribution in [1.82, 2.24) is 14.9 Å². The average Bonchev–Trinajstić information content (AvgIpc) is 3.05. The van der Waals surface area contributed by atoms with Crippen molar-refractivity contribution in [3.63, 3.8) is 0 Å². The number of halogens is 1. The number of hydrogen-bond acceptors (Lipinski definition) is 5. The molecule has 28 heavy (non-hydrogen) atoms. The van der Waals surface area contributed by atoms with E-state index in [1.165, 1.54) is 6.07 Å². The molecule has 0 aliphatic carbocycles. The van der Waals surface area contributed by atoms with Gasteiger partial charge in [0.05, 0.1) is 35.3 Å². The van der Waals surface area contributed by atoms with Crippen LogP contribution in [0.1, 0.15) is 22.8 Å². The van der Waals surface area contributed by atoms with Gasteiger partial charge in [-0.1, -0.05) is 0 Å². The lowest BCUT2D eigenvalue weighted by Gasteiger charge is -2.40. The Kier molecular flexibility index (Phi) is 4.04. The highest BCUT2D eigenvalue weighted by Gasteiger charge is 2.39. The summed E-state index contributed by atoms with van der Waals surface area (Å²) in [5.74, 6) is -2.20. The number of imidazole rings is 1. The molecule has 0 bridgehead atoms. The first-order valence-electron chi connectivity index (χ1n) is 8.81. The lowest BCUT2D eigenvalue weighted by molar-refractivity contribution is -0.0868. The lowest BCUT2D eigenvalue weighted by atomic mass is 9.98. The lowest BCUT2D eigenvalue weighted by Crippen LogP contribution is -2.49. The quantitative estimate of drug-likeness (QED) is 0.603. The molecule has 1 saturated heterocycles. The Balaban J connectivity index is 2.04. The molecule has 0 atom stereocenters. The van der Waals surface area contributed by atoms with Gasteiger partial charge in [0, 0.05) is 12.6 Å². The maximum Gasteiger partial charge on any atom is 0.251 e. The normalized spacial score (nSPS) is 15.4. The van der Waals surface area contributed by atoms with Crippen LogP contribution in [0.2, 0.25) is 0 Å². The Morgan fingerprint density at radius 3 is 2.61 bits per heavy atom. The molecule has 1 fully saturated rings. The van der Waals surface area contributed by atoms with Crippen LogP contribution in [0.25, 0.3) is 22.4 Å². The first-order valence-corrected chi connectivity index (χ1v) is 8.81. The van der Waals surface area contributed by atoms with Crippen LogP contribution in [0.4, 0.5) is 4.39 Å². The van der Waals surface area contributed by atoms with Crippen molar-refractivity contribution in [3.05, 3.63) is 41.2 Å². The number of phenolic OH excluding ortho intramolecular Hbond substituents is 2. The van der Waals surface area contributed by atoms with Crippen LogP contribution in [-0.4, -0.2) is 45.9 Å². The fraction of sp³-hybridized carbons (Fsp3) is 0.300. The number of fused-ring (bicyclic) bond motifs is 1. The zero-order valence-corrected chi connectivity index (χ0v) is 15.7. The number of benzene rings is 2. The highest BCUT2D eigenvalue weighted by atomic mass is 19.1. The minimum Gasteiger partial charge on any atom is -0.504 e. The first-order chi connectivity index (χ1) is 13.3. The van der Waals surface area contributed by atoms with Gasteiger partial charge in [0.15, 0.2) is 17.3 Å². The maximum atomic E-state index is 14.9. The van der Waals surface area contributed by atoms with Crippen LogP contribution in [0, 0.1) is 12.7 Å². The Morgan fingerprint density at radius 1 is 1.29 bits per heavy atom. The van der Waals surface area contributed by atoms with E-state index in [1.54, 1.807) is 32.2 Å². The van der Waals surface area contributed by atoms with Crippen LogP contribution >= 0.6 is 0 Å². The second-order valence-electron chi connectivity index (χ2n) is 7.30. The molecular weight excluding hydrogens is 365 g/mol. The minimum absolute atomic E-state index is 0.0682. The van der Waals surface area contributed by atoms with E-state index < -0.39 is 22.9 Å². The number of aromatic hydroxyl groups is 2.